The third-order valence-electron chi connectivity index (χ3n) is 4.89. The first-order chi connectivity index (χ1) is 11.8. The second kappa shape index (κ2) is 8.23. The Bertz CT molecular complexity index is 613. The summed E-state index contributed by atoms with van der Waals surface area (Å²) in [5.41, 5.74) is 3.17. The number of carboxylic acids is 1. The lowest BCUT2D eigenvalue weighted by atomic mass is 9.86. The van der Waals surface area contributed by atoms with Gasteiger partial charge in [-0.15, -0.1) is 0 Å². The number of benzene rings is 1. The summed E-state index contributed by atoms with van der Waals surface area (Å²) in [4.78, 5) is 25.0. The second-order valence-electron chi connectivity index (χ2n) is 6.96. The summed E-state index contributed by atoms with van der Waals surface area (Å²) in [5, 5.41) is 12.1. The maximum atomic E-state index is 12.4. The van der Waals surface area contributed by atoms with Gasteiger partial charge < -0.3 is 20.1 Å². The van der Waals surface area contributed by atoms with E-state index in [2.05, 4.69) is 5.32 Å². The number of hydrogen-bond donors (Lipinski definition) is 2. The highest BCUT2D eigenvalue weighted by atomic mass is 16.5. The van der Waals surface area contributed by atoms with Crippen molar-refractivity contribution in [1.82, 2.24) is 10.2 Å². The zero-order valence-corrected chi connectivity index (χ0v) is 15.5. The standard InChI is InChI=1S/C19H28N2O4/c1-12-9-14(10-13(2)17(12)25-4)11-21(3)19(24)20-16-7-5-15(6-8-16)18(22)23/h9-10,15-16H,5-8,11H2,1-4H3,(H,20,24)(H,22,23). The summed E-state index contributed by atoms with van der Waals surface area (Å²) >= 11 is 0. The van der Waals surface area contributed by atoms with Crippen molar-refractivity contribution >= 4 is 12.0 Å². The lowest BCUT2D eigenvalue weighted by molar-refractivity contribution is -0.142. The van der Waals surface area contributed by atoms with Gasteiger partial charge in [-0.3, -0.25) is 4.79 Å². The van der Waals surface area contributed by atoms with Crippen LogP contribution in [0, 0.1) is 19.8 Å². The van der Waals surface area contributed by atoms with Crippen LogP contribution >= 0.6 is 0 Å². The minimum atomic E-state index is -0.730. The van der Waals surface area contributed by atoms with E-state index in [-0.39, 0.29) is 18.0 Å². The maximum absolute atomic E-state index is 12.4. The molecule has 0 aliphatic heterocycles. The van der Waals surface area contributed by atoms with E-state index in [0.29, 0.717) is 19.4 Å². The molecule has 6 heteroatoms. The summed E-state index contributed by atoms with van der Waals surface area (Å²) in [6.07, 6.45) is 2.69. The summed E-state index contributed by atoms with van der Waals surface area (Å²) in [7, 11) is 3.43. The van der Waals surface area contributed by atoms with Crippen molar-refractivity contribution in [2.75, 3.05) is 14.2 Å². The first-order valence-electron chi connectivity index (χ1n) is 8.70. The van der Waals surface area contributed by atoms with Crippen molar-refractivity contribution in [1.29, 1.82) is 0 Å². The van der Waals surface area contributed by atoms with Crippen LogP contribution in [0.4, 0.5) is 4.79 Å². The molecule has 2 N–H and O–H groups in total. The molecule has 138 valence electrons. The number of nitrogens with zero attached hydrogens (tertiary/aromatic N) is 1. The van der Waals surface area contributed by atoms with E-state index in [1.54, 1.807) is 19.1 Å². The number of aryl methyl sites for hydroxylation is 2. The van der Waals surface area contributed by atoms with Crippen molar-refractivity contribution in [3.63, 3.8) is 0 Å². The van der Waals surface area contributed by atoms with Crippen LogP contribution in [-0.4, -0.2) is 42.2 Å². The molecule has 0 bridgehead atoms. The van der Waals surface area contributed by atoms with Gasteiger partial charge in [0.15, 0.2) is 0 Å². The summed E-state index contributed by atoms with van der Waals surface area (Å²) in [6.45, 7) is 4.51. The molecule has 0 unspecified atom stereocenters. The summed E-state index contributed by atoms with van der Waals surface area (Å²) in [6, 6.07) is 4.01. The average molecular weight is 348 g/mol. The Balaban J connectivity index is 1.90. The fourth-order valence-corrected chi connectivity index (χ4v) is 3.57. The predicted molar refractivity (Wildman–Crippen MR) is 95.8 cm³/mol. The molecule has 1 aromatic carbocycles. The molecule has 25 heavy (non-hydrogen) atoms. The highest BCUT2D eigenvalue weighted by Crippen LogP contribution is 2.26. The zero-order chi connectivity index (χ0) is 18.6. The first-order valence-corrected chi connectivity index (χ1v) is 8.70. The molecular weight excluding hydrogens is 320 g/mol. The van der Waals surface area contributed by atoms with Crippen LogP contribution in [0.15, 0.2) is 12.1 Å². The number of urea groups is 1. The van der Waals surface area contributed by atoms with Crippen molar-refractivity contribution in [2.24, 2.45) is 5.92 Å². The van der Waals surface area contributed by atoms with Crippen molar-refractivity contribution in [2.45, 2.75) is 52.1 Å². The molecule has 2 rings (SSSR count). The van der Waals surface area contributed by atoms with E-state index in [0.717, 1.165) is 35.3 Å². The van der Waals surface area contributed by atoms with Gasteiger partial charge in [-0.1, -0.05) is 12.1 Å². The average Bonchev–Trinajstić information content (AvgIpc) is 2.55. The Kier molecular flexibility index (Phi) is 6.28. The molecule has 1 saturated carbocycles. The Morgan fingerprint density at radius 2 is 1.76 bits per heavy atom. The van der Waals surface area contributed by atoms with E-state index < -0.39 is 5.97 Å². The van der Waals surface area contributed by atoms with E-state index in [1.165, 1.54) is 0 Å². The zero-order valence-electron chi connectivity index (χ0n) is 15.5. The van der Waals surface area contributed by atoms with E-state index in [9.17, 15) is 9.59 Å². The summed E-state index contributed by atoms with van der Waals surface area (Å²) in [5.74, 6) is -0.116. The van der Waals surface area contributed by atoms with E-state index in [4.69, 9.17) is 9.84 Å². The molecule has 6 nitrogen and oxygen atoms in total. The molecule has 0 atom stereocenters. The monoisotopic (exact) mass is 348 g/mol. The number of amides is 2. The van der Waals surface area contributed by atoms with Crippen molar-refractivity contribution < 1.29 is 19.4 Å². The smallest absolute Gasteiger partial charge is 0.317 e. The molecule has 0 aromatic heterocycles. The molecule has 2 amide bonds. The number of carbonyl (C=O) groups is 2. The van der Waals surface area contributed by atoms with Crippen LogP contribution in [0.3, 0.4) is 0 Å². The summed E-state index contributed by atoms with van der Waals surface area (Å²) < 4.78 is 5.37. The minimum absolute atomic E-state index is 0.0601. The topological polar surface area (TPSA) is 78.9 Å². The van der Waals surface area contributed by atoms with Gasteiger partial charge in [0.1, 0.15) is 5.75 Å². The van der Waals surface area contributed by atoms with Gasteiger partial charge in [-0.2, -0.15) is 0 Å². The van der Waals surface area contributed by atoms with Crippen molar-refractivity contribution in [3.8, 4) is 5.75 Å². The Labute approximate surface area is 149 Å². The third-order valence-corrected chi connectivity index (χ3v) is 4.89. The Morgan fingerprint density at radius 3 is 2.24 bits per heavy atom. The molecule has 1 aliphatic carbocycles. The van der Waals surface area contributed by atoms with Crippen LogP contribution in [0.2, 0.25) is 0 Å². The van der Waals surface area contributed by atoms with Gasteiger partial charge in [-0.05, 0) is 56.2 Å². The maximum Gasteiger partial charge on any atom is 0.317 e. The molecule has 0 heterocycles. The molecule has 1 aliphatic rings. The number of aliphatic carboxylic acids is 1. The SMILES string of the molecule is COc1c(C)cc(CN(C)C(=O)NC2CCC(C(=O)O)CC2)cc1C. The van der Waals surface area contributed by atoms with Gasteiger partial charge in [-0.25, -0.2) is 4.79 Å². The van der Waals surface area contributed by atoms with Gasteiger partial charge in [0.05, 0.1) is 13.0 Å². The number of hydrogen-bond acceptors (Lipinski definition) is 3. The normalized spacial score (nSPS) is 20.0. The molecule has 0 spiro atoms. The van der Waals surface area contributed by atoms with Gasteiger partial charge >= 0.3 is 12.0 Å². The lowest BCUT2D eigenvalue weighted by Crippen LogP contribution is -2.44. The predicted octanol–water partition coefficient (Wildman–Crippen LogP) is 3.10. The number of nitrogens with one attached hydrogen (secondary N) is 1. The number of rotatable bonds is 5. The van der Waals surface area contributed by atoms with E-state index in [1.807, 2.05) is 26.0 Å². The first kappa shape index (κ1) is 19.1. The van der Waals surface area contributed by atoms with Crippen LogP contribution in [-0.2, 0) is 11.3 Å². The number of methoxy groups -OCH3 is 1. The van der Waals surface area contributed by atoms with Crippen LogP contribution < -0.4 is 10.1 Å². The van der Waals surface area contributed by atoms with Gasteiger partial charge in [0.2, 0.25) is 0 Å². The van der Waals surface area contributed by atoms with Gasteiger partial charge in [0.25, 0.3) is 0 Å². The van der Waals surface area contributed by atoms with Crippen LogP contribution in [0.25, 0.3) is 0 Å². The molecule has 1 aromatic rings. The highest BCUT2D eigenvalue weighted by molar-refractivity contribution is 5.74. The van der Waals surface area contributed by atoms with Gasteiger partial charge in [0, 0.05) is 19.6 Å². The second-order valence-corrected chi connectivity index (χ2v) is 6.96. The Morgan fingerprint density at radius 1 is 1.20 bits per heavy atom. The number of carbonyl (C=O) groups excluding carboxylic acids is 1. The molecule has 1 fully saturated rings. The van der Waals surface area contributed by atoms with E-state index >= 15 is 0 Å². The molecule has 0 saturated heterocycles. The van der Waals surface area contributed by atoms with Crippen LogP contribution in [0.5, 0.6) is 5.75 Å². The molecular formula is C19H28N2O4. The fraction of sp³-hybridized carbons (Fsp3) is 0.579. The van der Waals surface area contributed by atoms with Crippen LogP contribution in [0.1, 0.15) is 42.4 Å². The highest BCUT2D eigenvalue weighted by Gasteiger charge is 2.27. The fourth-order valence-electron chi connectivity index (χ4n) is 3.57. The number of ether oxygens (including phenoxy) is 1. The minimum Gasteiger partial charge on any atom is -0.496 e. The largest absolute Gasteiger partial charge is 0.496 e. The quantitative estimate of drug-likeness (QED) is 0.857. The van der Waals surface area contributed by atoms with Crippen molar-refractivity contribution in [3.05, 3.63) is 28.8 Å². The third kappa shape index (κ3) is 4.87. The Hall–Kier alpha value is -2.24. The number of carboxylic acid groups (broad SMARTS) is 1. The lowest BCUT2D eigenvalue weighted by Gasteiger charge is -2.29. The molecule has 0 radical (unpaired) electrons.